The lowest BCUT2D eigenvalue weighted by atomic mass is 9.91. The van der Waals surface area contributed by atoms with Crippen LogP contribution in [0.25, 0.3) is 0 Å². The van der Waals surface area contributed by atoms with Crippen molar-refractivity contribution in [1.29, 1.82) is 0 Å². The van der Waals surface area contributed by atoms with Crippen molar-refractivity contribution in [2.24, 2.45) is 0 Å². The second-order valence-electron chi connectivity index (χ2n) is 4.53. The minimum Gasteiger partial charge on any atom is -0.170 e. The third kappa shape index (κ3) is 2.77. The Kier molecular flexibility index (Phi) is 3.66. The second-order valence-corrected chi connectivity index (χ2v) is 4.53. The number of benzene rings is 1. The van der Waals surface area contributed by atoms with Gasteiger partial charge in [0.15, 0.2) is 0 Å². The van der Waals surface area contributed by atoms with Crippen LogP contribution in [0.15, 0.2) is 18.2 Å². The fourth-order valence-corrected chi connectivity index (χ4v) is 1.74. The van der Waals surface area contributed by atoms with E-state index < -0.39 is 12.1 Å². The van der Waals surface area contributed by atoms with Gasteiger partial charge < -0.3 is 0 Å². The van der Waals surface area contributed by atoms with Crippen molar-refractivity contribution in [3.63, 3.8) is 0 Å². The number of hydrogen-bond acceptors (Lipinski definition) is 0. The van der Waals surface area contributed by atoms with Gasteiger partial charge in [-0.3, -0.25) is 0 Å². The van der Waals surface area contributed by atoms with Crippen molar-refractivity contribution in [2.45, 2.75) is 45.7 Å². The maximum atomic E-state index is 12.6. The largest absolute Gasteiger partial charge is 0.395 e. The molecule has 0 spiro atoms. The summed E-state index contributed by atoms with van der Waals surface area (Å²) in [5.41, 5.74) is 2.39. The van der Waals surface area contributed by atoms with E-state index in [4.69, 9.17) is 0 Å². The predicted molar refractivity (Wildman–Crippen MR) is 59.7 cm³/mol. The molecule has 0 N–H and O–H groups in total. The molecule has 0 aliphatic carbocycles. The SMILES string of the molecule is Cc1ccc(C(C)C(F)(F)F)cc1C(C)C. The Hall–Kier alpha value is -0.990. The maximum Gasteiger partial charge on any atom is 0.395 e. The topological polar surface area (TPSA) is 0 Å². The first-order valence-corrected chi connectivity index (χ1v) is 5.40. The van der Waals surface area contributed by atoms with Gasteiger partial charge in [0.1, 0.15) is 0 Å². The Balaban J connectivity index is 3.13. The van der Waals surface area contributed by atoms with Gasteiger partial charge in [0.25, 0.3) is 0 Å². The maximum absolute atomic E-state index is 12.6. The summed E-state index contributed by atoms with van der Waals surface area (Å²) in [7, 11) is 0. The van der Waals surface area contributed by atoms with Crippen LogP contribution in [0.4, 0.5) is 13.2 Å². The minimum atomic E-state index is -4.16. The molecular weight excluding hydrogens is 213 g/mol. The van der Waals surface area contributed by atoms with Gasteiger partial charge in [-0.15, -0.1) is 0 Å². The van der Waals surface area contributed by atoms with Crippen LogP contribution in [0, 0.1) is 6.92 Å². The molecule has 0 amide bonds. The van der Waals surface area contributed by atoms with Crippen LogP contribution in [0.3, 0.4) is 0 Å². The van der Waals surface area contributed by atoms with E-state index in [1.54, 1.807) is 18.2 Å². The van der Waals surface area contributed by atoms with Crippen LogP contribution in [0.1, 0.15) is 49.3 Å². The second kappa shape index (κ2) is 4.48. The van der Waals surface area contributed by atoms with Crippen LogP contribution >= 0.6 is 0 Å². The summed E-state index contributed by atoms with van der Waals surface area (Å²) in [6, 6.07) is 5.02. The quantitative estimate of drug-likeness (QED) is 0.685. The lowest BCUT2D eigenvalue weighted by Gasteiger charge is -2.18. The Labute approximate surface area is 94.5 Å². The van der Waals surface area contributed by atoms with Gasteiger partial charge in [0, 0.05) is 0 Å². The third-order valence-electron chi connectivity index (χ3n) is 2.92. The summed E-state index contributed by atoms with van der Waals surface area (Å²) in [6.07, 6.45) is -4.16. The van der Waals surface area contributed by atoms with Crippen LogP contribution in [0.5, 0.6) is 0 Å². The predicted octanol–water partition coefficient (Wildman–Crippen LogP) is 4.78. The third-order valence-corrected chi connectivity index (χ3v) is 2.92. The van der Waals surface area contributed by atoms with E-state index in [1.165, 1.54) is 6.92 Å². The highest BCUT2D eigenvalue weighted by atomic mass is 19.4. The van der Waals surface area contributed by atoms with Crippen molar-refractivity contribution in [3.8, 4) is 0 Å². The Morgan fingerprint density at radius 3 is 2.06 bits per heavy atom. The number of rotatable bonds is 2. The minimum absolute atomic E-state index is 0.250. The molecule has 1 aromatic carbocycles. The zero-order valence-electron chi connectivity index (χ0n) is 10.0. The van der Waals surface area contributed by atoms with E-state index in [1.807, 2.05) is 20.8 Å². The van der Waals surface area contributed by atoms with E-state index in [9.17, 15) is 13.2 Å². The molecule has 0 bridgehead atoms. The van der Waals surface area contributed by atoms with E-state index in [0.29, 0.717) is 5.56 Å². The Morgan fingerprint density at radius 2 is 1.62 bits per heavy atom. The Bertz CT molecular complexity index is 364. The highest BCUT2D eigenvalue weighted by Gasteiger charge is 2.37. The van der Waals surface area contributed by atoms with Crippen molar-refractivity contribution in [1.82, 2.24) is 0 Å². The first-order valence-electron chi connectivity index (χ1n) is 5.40. The van der Waals surface area contributed by atoms with Gasteiger partial charge in [-0.2, -0.15) is 13.2 Å². The first-order chi connectivity index (χ1) is 7.23. The molecule has 0 saturated carbocycles. The summed E-state index contributed by atoms with van der Waals surface area (Å²) in [4.78, 5) is 0. The fourth-order valence-electron chi connectivity index (χ4n) is 1.74. The van der Waals surface area contributed by atoms with Gasteiger partial charge >= 0.3 is 6.18 Å². The van der Waals surface area contributed by atoms with Crippen molar-refractivity contribution in [2.75, 3.05) is 0 Å². The number of halogens is 3. The monoisotopic (exact) mass is 230 g/mol. The lowest BCUT2D eigenvalue weighted by molar-refractivity contribution is -0.146. The molecule has 1 rings (SSSR count). The number of hydrogen-bond donors (Lipinski definition) is 0. The molecule has 16 heavy (non-hydrogen) atoms. The van der Waals surface area contributed by atoms with Crippen molar-refractivity contribution in [3.05, 3.63) is 34.9 Å². The first kappa shape index (κ1) is 13.1. The highest BCUT2D eigenvalue weighted by Crippen LogP contribution is 2.35. The molecule has 0 fully saturated rings. The molecule has 0 aromatic heterocycles. The molecule has 0 saturated heterocycles. The number of aryl methyl sites for hydroxylation is 1. The molecule has 3 heteroatoms. The van der Waals surface area contributed by atoms with Gasteiger partial charge in [-0.1, -0.05) is 32.0 Å². The molecule has 0 nitrogen and oxygen atoms in total. The summed E-state index contributed by atoms with van der Waals surface area (Å²) in [5, 5.41) is 0. The van der Waals surface area contributed by atoms with E-state index in [2.05, 4.69) is 0 Å². The van der Waals surface area contributed by atoms with Crippen LogP contribution in [-0.4, -0.2) is 6.18 Å². The normalized spacial score (nSPS) is 14.2. The zero-order chi connectivity index (χ0) is 12.5. The molecule has 0 aliphatic heterocycles. The molecule has 1 unspecified atom stereocenters. The molecule has 0 heterocycles. The highest BCUT2D eigenvalue weighted by molar-refractivity contribution is 5.35. The van der Waals surface area contributed by atoms with Gasteiger partial charge in [-0.25, -0.2) is 0 Å². The van der Waals surface area contributed by atoms with Crippen LogP contribution in [-0.2, 0) is 0 Å². The van der Waals surface area contributed by atoms with E-state index in [-0.39, 0.29) is 5.92 Å². The fraction of sp³-hybridized carbons (Fsp3) is 0.538. The molecule has 1 atom stereocenters. The van der Waals surface area contributed by atoms with Crippen molar-refractivity contribution >= 4 is 0 Å². The van der Waals surface area contributed by atoms with Crippen molar-refractivity contribution < 1.29 is 13.2 Å². The molecular formula is C13H17F3. The average Bonchev–Trinajstić information content (AvgIpc) is 2.15. The van der Waals surface area contributed by atoms with E-state index >= 15 is 0 Å². The number of alkyl halides is 3. The van der Waals surface area contributed by atoms with Crippen LogP contribution < -0.4 is 0 Å². The van der Waals surface area contributed by atoms with Gasteiger partial charge in [0.05, 0.1) is 5.92 Å². The smallest absolute Gasteiger partial charge is 0.170 e. The Morgan fingerprint density at radius 1 is 1.06 bits per heavy atom. The molecule has 1 aromatic rings. The molecule has 0 radical (unpaired) electrons. The van der Waals surface area contributed by atoms with Crippen LogP contribution in [0.2, 0.25) is 0 Å². The molecule has 0 aliphatic rings. The van der Waals surface area contributed by atoms with E-state index in [0.717, 1.165) is 11.1 Å². The zero-order valence-corrected chi connectivity index (χ0v) is 10.0. The summed E-state index contributed by atoms with van der Waals surface area (Å²) < 4.78 is 37.7. The lowest BCUT2D eigenvalue weighted by Crippen LogP contribution is -2.18. The average molecular weight is 230 g/mol. The summed E-state index contributed by atoms with van der Waals surface area (Å²) >= 11 is 0. The van der Waals surface area contributed by atoms with Gasteiger partial charge in [0.2, 0.25) is 0 Å². The summed E-state index contributed by atoms with van der Waals surface area (Å²) in [5.74, 6) is -1.15. The standard InChI is InChI=1S/C13H17F3/c1-8(2)12-7-11(6-5-9(12)3)10(4)13(14,15)16/h5-8,10H,1-4H3. The van der Waals surface area contributed by atoms with Gasteiger partial charge in [-0.05, 0) is 36.5 Å². The molecule has 90 valence electrons. The summed E-state index contributed by atoms with van der Waals surface area (Å²) in [6.45, 7) is 7.11.